The normalized spacial score (nSPS) is 28.0. The minimum atomic E-state index is -4.64. The Kier molecular flexibility index (Phi) is 5.89. The molecule has 9 N–H and O–H groups in total. The summed E-state index contributed by atoms with van der Waals surface area (Å²) in [5.41, 5.74) is 5.46. The van der Waals surface area contributed by atoms with Crippen LogP contribution >= 0.6 is 7.82 Å². The molecule has 148 valence electrons. The number of aliphatic hydroxyl groups excluding tert-OH is 3. The molecule has 0 radical (unpaired) electrons. The number of hydrogen-bond donors (Lipinski definition) is 8. The number of aromatic nitrogens is 2. The number of aromatic amines is 1. The minimum absolute atomic E-state index is 0.0502. The second-order valence-electron chi connectivity index (χ2n) is 5.67. The molecule has 0 aliphatic carbocycles. The zero-order chi connectivity index (χ0) is 19.8. The highest BCUT2D eigenvalue weighted by Gasteiger charge is 2.48. The lowest BCUT2D eigenvalue weighted by Crippen LogP contribution is -2.45. The summed E-state index contributed by atoms with van der Waals surface area (Å²) in [6.45, 7) is -0.183. The van der Waals surface area contributed by atoms with E-state index < -0.39 is 44.5 Å². The van der Waals surface area contributed by atoms with Gasteiger partial charge in [-0.25, -0.2) is 4.57 Å². The Morgan fingerprint density at radius 2 is 1.92 bits per heavy atom. The molecule has 1 saturated heterocycles. The number of nitrogens with zero attached hydrogens (tertiary/aromatic N) is 3. The van der Waals surface area contributed by atoms with Crippen LogP contribution in [0.25, 0.3) is 0 Å². The third-order valence-electron chi connectivity index (χ3n) is 3.74. The van der Waals surface area contributed by atoms with Crippen LogP contribution in [-0.2, 0) is 9.30 Å². The number of rotatable bonds is 2. The highest BCUT2D eigenvalue weighted by atomic mass is 31.2. The lowest BCUT2D eigenvalue weighted by Gasteiger charge is -2.27. The number of ether oxygens (including phenoxy) is 1. The fourth-order valence-electron chi connectivity index (χ4n) is 2.72. The molecule has 0 aromatic carbocycles. The Bertz CT molecular complexity index is 746. The number of hydrogen-bond acceptors (Lipinski definition) is 10. The van der Waals surface area contributed by atoms with E-state index in [1.54, 1.807) is 11.9 Å². The number of fused-ring (bicyclic) bond motifs is 1. The molecule has 0 spiro atoms. The van der Waals surface area contributed by atoms with Gasteiger partial charge in [0.15, 0.2) is 12.0 Å². The third-order valence-corrected chi connectivity index (χ3v) is 3.74. The van der Waals surface area contributed by atoms with E-state index in [0.29, 0.717) is 5.69 Å². The van der Waals surface area contributed by atoms with Crippen LogP contribution in [0.2, 0.25) is 0 Å². The van der Waals surface area contributed by atoms with Crippen molar-refractivity contribution in [2.45, 2.75) is 24.5 Å². The highest BCUT2D eigenvalue weighted by molar-refractivity contribution is 7.45. The molecule has 3 rings (SSSR count). The van der Waals surface area contributed by atoms with Crippen LogP contribution in [-0.4, -0.2) is 84.8 Å². The van der Waals surface area contributed by atoms with Gasteiger partial charge in [-0.3, -0.25) is 9.78 Å². The molecular formula is C11H20N5O9P. The minimum Gasteiger partial charge on any atom is -0.394 e. The fourth-order valence-corrected chi connectivity index (χ4v) is 2.72. The quantitative estimate of drug-likeness (QED) is 0.223. The van der Waals surface area contributed by atoms with Crippen LogP contribution in [0.5, 0.6) is 0 Å². The summed E-state index contributed by atoms with van der Waals surface area (Å²) in [7, 11) is -2.95. The van der Waals surface area contributed by atoms with Gasteiger partial charge in [0.25, 0.3) is 5.56 Å². The second kappa shape index (κ2) is 7.46. The molecule has 15 heteroatoms. The Hall–Kier alpha value is -1.77. The van der Waals surface area contributed by atoms with Crippen molar-refractivity contribution in [3.05, 3.63) is 10.4 Å². The predicted octanol–water partition coefficient (Wildman–Crippen LogP) is -3.92. The summed E-state index contributed by atoms with van der Waals surface area (Å²) in [6, 6.07) is 0. The zero-order valence-corrected chi connectivity index (χ0v) is 14.4. The van der Waals surface area contributed by atoms with E-state index in [4.69, 9.17) is 34.8 Å². The predicted molar refractivity (Wildman–Crippen MR) is 87.0 cm³/mol. The Morgan fingerprint density at radius 3 is 2.42 bits per heavy atom. The number of phosphoric acid groups is 1. The van der Waals surface area contributed by atoms with E-state index in [1.807, 2.05) is 0 Å². The van der Waals surface area contributed by atoms with Crippen LogP contribution in [0.1, 0.15) is 0 Å². The molecule has 14 nitrogen and oxygen atoms in total. The monoisotopic (exact) mass is 397 g/mol. The third kappa shape index (κ3) is 4.31. The lowest BCUT2D eigenvalue weighted by atomic mass is 10.1. The summed E-state index contributed by atoms with van der Waals surface area (Å²) in [6.07, 6.45) is -4.26. The summed E-state index contributed by atoms with van der Waals surface area (Å²) in [5.74, 6) is 0.222. The molecule has 2 aliphatic rings. The smallest absolute Gasteiger partial charge is 0.394 e. The van der Waals surface area contributed by atoms with Crippen molar-refractivity contribution >= 4 is 25.3 Å². The lowest BCUT2D eigenvalue weighted by molar-refractivity contribution is -0.0221. The van der Waals surface area contributed by atoms with Gasteiger partial charge in [-0.05, 0) is 0 Å². The maximum absolute atomic E-state index is 11.9. The SMILES string of the molecule is CN1CN([C@@H]2O[C@H](CO)[C@@H](O)[C@H]2O)c2nc(N)[nH]c(=O)c21.O=P(O)(O)O. The Balaban J connectivity index is 0.000000431. The van der Waals surface area contributed by atoms with Crippen molar-refractivity contribution < 1.29 is 39.3 Å². The molecule has 0 bridgehead atoms. The van der Waals surface area contributed by atoms with Crippen molar-refractivity contribution in [1.82, 2.24) is 9.97 Å². The number of anilines is 3. The number of nitrogens with one attached hydrogen (secondary N) is 1. The van der Waals surface area contributed by atoms with Gasteiger partial charge < -0.3 is 50.3 Å². The average molecular weight is 397 g/mol. The number of H-pyrrole nitrogens is 1. The molecular weight excluding hydrogens is 377 g/mol. The van der Waals surface area contributed by atoms with E-state index in [9.17, 15) is 15.0 Å². The van der Waals surface area contributed by atoms with E-state index in [0.717, 1.165) is 0 Å². The Labute approximate surface area is 146 Å². The molecule has 1 aromatic heterocycles. The van der Waals surface area contributed by atoms with Crippen molar-refractivity contribution in [2.24, 2.45) is 0 Å². The molecule has 2 aliphatic heterocycles. The van der Waals surface area contributed by atoms with Gasteiger partial charge in [-0.15, -0.1) is 0 Å². The van der Waals surface area contributed by atoms with E-state index in [-0.39, 0.29) is 18.4 Å². The van der Waals surface area contributed by atoms with Gasteiger partial charge in [0.2, 0.25) is 5.95 Å². The first-order chi connectivity index (χ1) is 11.9. The van der Waals surface area contributed by atoms with Crippen LogP contribution in [0.4, 0.5) is 17.5 Å². The van der Waals surface area contributed by atoms with Gasteiger partial charge in [0, 0.05) is 7.05 Å². The fraction of sp³-hybridized carbons (Fsp3) is 0.636. The molecule has 1 fully saturated rings. The summed E-state index contributed by atoms with van der Waals surface area (Å²) >= 11 is 0. The summed E-state index contributed by atoms with van der Waals surface area (Å²) in [5, 5.41) is 29.0. The van der Waals surface area contributed by atoms with Crippen LogP contribution < -0.4 is 21.1 Å². The second-order valence-corrected chi connectivity index (χ2v) is 6.70. The van der Waals surface area contributed by atoms with Crippen LogP contribution in [0.3, 0.4) is 0 Å². The van der Waals surface area contributed by atoms with Gasteiger partial charge >= 0.3 is 7.82 Å². The van der Waals surface area contributed by atoms with Crippen LogP contribution in [0.15, 0.2) is 4.79 Å². The maximum Gasteiger partial charge on any atom is 0.466 e. The van der Waals surface area contributed by atoms with Gasteiger partial charge in [0.1, 0.15) is 24.0 Å². The molecule has 4 atom stereocenters. The first-order valence-electron chi connectivity index (χ1n) is 7.22. The zero-order valence-electron chi connectivity index (χ0n) is 13.5. The first-order valence-corrected chi connectivity index (χ1v) is 8.79. The van der Waals surface area contributed by atoms with Gasteiger partial charge in [-0.2, -0.15) is 4.98 Å². The number of aliphatic hydroxyl groups is 3. The first kappa shape index (κ1) is 20.5. The Morgan fingerprint density at radius 1 is 1.35 bits per heavy atom. The molecule has 3 heterocycles. The van der Waals surface area contributed by atoms with E-state index >= 15 is 0 Å². The van der Waals surface area contributed by atoms with Crippen molar-refractivity contribution in [3.63, 3.8) is 0 Å². The largest absolute Gasteiger partial charge is 0.466 e. The van der Waals surface area contributed by atoms with Crippen LogP contribution in [0, 0.1) is 0 Å². The van der Waals surface area contributed by atoms with Crippen molar-refractivity contribution in [3.8, 4) is 0 Å². The summed E-state index contributed by atoms with van der Waals surface area (Å²) < 4.78 is 14.3. The standard InChI is InChI=1S/C11H17N5O5.H3O4P/c1-15-3-16(8-5(15)9(20)14-11(12)13-8)10-7(19)6(18)4(2-17)21-10;1-5(2,3)4/h4,6-7,10,17-19H,2-3H2,1H3,(H3,12,13,14,20);(H3,1,2,3,4)/t4-,6-,7-,10-;/m1./s1. The highest BCUT2D eigenvalue weighted by Crippen LogP contribution is 2.35. The maximum atomic E-state index is 11.9. The summed E-state index contributed by atoms with van der Waals surface area (Å²) in [4.78, 5) is 43.1. The number of nitrogens with two attached hydrogens (primary N) is 1. The molecule has 0 saturated carbocycles. The van der Waals surface area contributed by atoms with E-state index in [1.165, 1.54) is 4.90 Å². The molecule has 0 unspecified atom stereocenters. The van der Waals surface area contributed by atoms with Gasteiger partial charge in [-0.1, -0.05) is 0 Å². The molecule has 0 amide bonds. The van der Waals surface area contributed by atoms with Crippen molar-refractivity contribution in [1.29, 1.82) is 0 Å². The topological polar surface area (TPSA) is 226 Å². The molecule has 1 aromatic rings. The number of nitrogen functional groups attached to an aromatic ring is 1. The van der Waals surface area contributed by atoms with E-state index in [2.05, 4.69) is 9.97 Å². The van der Waals surface area contributed by atoms with Crippen molar-refractivity contribution in [2.75, 3.05) is 35.9 Å². The average Bonchev–Trinajstić information content (AvgIpc) is 2.96. The molecule has 26 heavy (non-hydrogen) atoms. The van der Waals surface area contributed by atoms with Gasteiger partial charge in [0.05, 0.1) is 13.3 Å².